The van der Waals surface area contributed by atoms with Crippen molar-refractivity contribution in [2.24, 2.45) is 0 Å². The zero-order chi connectivity index (χ0) is 22.0. The second kappa shape index (κ2) is 9.09. The molecule has 0 fully saturated rings. The molecule has 0 spiro atoms. The highest BCUT2D eigenvalue weighted by molar-refractivity contribution is 7.98. The van der Waals surface area contributed by atoms with Crippen molar-refractivity contribution < 1.29 is 9.53 Å². The Balaban J connectivity index is 1.79. The van der Waals surface area contributed by atoms with Crippen LogP contribution >= 0.6 is 34.7 Å². The first-order valence-corrected chi connectivity index (χ1v) is 11.4. The Bertz CT molecular complexity index is 1340. The van der Waals surface area contributed by atoms with Gasteiger partial charge in [0, 0.05) is 23.1 Å². The number of nitrogens with one attached hydrogen (secondary N) is 1. The van der Waals surface area contributed by atoms with Crippen molar-refractivity contribution in [3.8, 4) is 11.4 Å². The van der Waals surface area contributed by atoms with Gasteiger partial charge in [0.25, 0.3) is 5.56 Å². The predicted molar refractivity (Wildman–Crippen MR) is 125 cm³/mol. The number of para-hydroxylation sites is 2. The minimum atomic E-state index is -0.217. The molecule has 0 aliphatic carbocycles. The Morgan fingerprint density at radius 2 is 2.06 bits per heavy atom. The van der Waals surface area contributed by atoms with Crippen LogP contribution in [0.1, 0.15) is 12.6 Å². The van der Waals surface area contributed by atoms with Gasteiger partial charge in [-0.15, -0.1) is 11.3 Å². The molecular weight excluding hydrogens is 456 g/mol. The van der Waals surface area contributed by atoms with Crippen LogP contribution in [0.25, 0.3) is 16.6 Å². The molecule has 2 aromatic heterocycles. The van der Waals surface area contributed by atoms with E-state index in [1.807, 2.05) is 23.6 Å². The fourth-order valence-electron chi connectivity index (χ4n) is 2.98. The molecule has 0 unspecified atom stereocenters. The van der Waals surface area contributed by atoms with Gasteiger partial charge in [-0.05, 0) is 30.3 Å². The monoisotopic (exact) mass is 472 g/mol. The van der Waals surface area contributed by atoms with Gasteiger partial charge in [-0.3, -0.25) is 14.2 Å². The number of hydrogen-bond donors (Lipinski definition) is 1. The summed E-state index contributed by atoms with van der Waals surface area (Å²) in [6, 6.07) is 12.3. The molecule has 0 saturated carbocycles. The maximum Gasteiger partial charge on any atom is 0.266 e. The molecule has 2 heterocycles. The third kappa shape index (κ3) is 4.58. The number of fused-ring (bicyclic) bond motifs is 1. The van der Waals surface area contributed by atoms with Crippen molar-refractivity contribution in [3.63, 3.8) is 0 Å². The molecule has 0 saturated heterocycles. The molecular formula is C21H17ClN4O3S2. The number of thioether (sulfide) groups is 1. The number of carbonyl (C=O) groups is 1. The Kier molecular flexibility index (Phi) is 6.26. The fraction of sp³-hybridized carbons (Fsp3) is 0.143. The minimum absolute atomic E-state index is 0.174. The second-order valence-corrected chi connectivity index (χ2v) is 8.72. The van der Waals surface area contributed by atoms with Gasteiger partial charge in [0.2, 0.25) is 5.91 Å². The molecule has 10 heteroatoms. The first-order chi connectivity index (χ1) is 15.0. The summed E-state index contributed by atoms with van der Waals surface area (Å²) >= 11 is 8.84. The zero-order valence-corrected chi connectivity index (χ0v) is 19.0. The van der Waals surface area contributed by atoms with Gasteiger partial charge in [-0.25, -0.2) is 9.97 Å². The molecule has 4 rings (SSSR count). The highest BCUT2D eigenvalue weighted by Gasteiger charge is 2.17. The van der Waals surface area contributed by atoms with E-state index >= 15 is 0 Å². The number of ether oxygens (including phenoxy) is 1. The highest BCUT2D eigenvalue weighted by Crippen LogP contribution is 2.30. The van der Waals surface area contributed by atoms with Gasteiger partial charge in [0.15, 0.2) is 10.3 Å². The lowest BCUT2D eigenvalue weighted by Crippen LogP contribution is -2.22. The van der Waals surface area contributed by atoms with E-state index in [0.29, 0.717) is 43.4 Å². The second-order valence-electron chi connectivity index (χ2n) is 6.48. The molecule has 7 nitrogen and oxygen atoms in total. The van der Waals surface area contributed by atoms with E-state index in [0.717, 1.165) is 5.69 Å². The lowest BCUT2D eigenvalue weighted by Gasteiger charge is -2.15. The van der Waals surface area contributed by atoms with Crippen LogP contribution < -0.4 is 15.6 Å². The third-order valence-corrected chi connectivity index (χ3v) is 6.32. The molecule has 0 aliphatic heterocycles. The lowest BCUT2D eigenvalue weighted by atomic mass is 10.2. The average molecular weight is 473 g/mol. The summed E-state index contributed by atoms with van der Waals surface area (Å²) in [5.74, 6) is 0.846. The number of methoxy groups -OCH3 is 1. The molecule has 158 valence electrons. The van der Waals surface area contributed by atoms with E-state index in [1.54, 1.807) is 35.9 Å². The van der Waals surface area contributed by atoms with E-state index in [4.69, 9.17) is 21.3 Å². The summed E-state index contributed by atoms with van der Waals surface area (Å²) in [5.41, 5.74) is 1.67. The van der Waals surface area contributed by atoms with Crippen LogP contribution in [0, 0.1) is 0 Å². The van der Waals surface area contributed by atoms with Crippen molar-refractivity contribution >= 4 is 56.6 Å². The Hall–Kier alpha value is -2.88. The van der Waals surface area contributed by atoms with E-state index in [-0.39, 0.29) is 11.5 Å². The van der Waals surface area contributed by atoms with Crippen LogP contribution in [0.4, 0.5) is 5.13 Å². The predicted octanol–water partition coefficient (Wildman–Crippen LogP) is 4.75. The molecule has 0 bridgehead atoms. The summed E-state index contributed by atoms with van der Waals surface area (Å²) in [6.07, 6.45) is 0. The molecule has 2 aromatic carbocycles. The number of hydrogen-bond acceptors (Lipinski definition) is 7. The number of thiazole rings is 1. The topological polar surface area (TPSA) is 86.1 Å². The number of carbonyl (C=O) groups excluding carboxylic acids is 1. The molecule has 0 aliphatic rings. The third-order valence-electron chi connectivity index (χ3n) is 4.31. The first kappa shape index (κ1) is 21.4. The number of nitrogens with zero attached hydrogens (tertiary/aromatic N) is 3. The zero-order valence-electron chi connectivity index (χ0n) is 16.6. The molecule has 0 radical (unpaired) electrons. The van der Waals surface area contributed by atoms with E-state index in [9.17, 15) is 9.59 Å². The van der Waals surface area contributed by atoms with Gasteiger partial charge >= 0.3 is 0 Å². The van der Waals surface area contributed by atoms with Crippen molar-refractivity contribution in [2.75, 3.05) is 12.4 Å². The van der Waals surface area contributed by atoms with E-state index in [2.05, 4.69) is 10.3 Å². The van der Waals surface area contributed by atoms with Crippen LogP contribution in [0.15, 0.2) is 57.8 Å². The van der Waals surface area contributed by atoms with Crippen LogP contribution in [-0.4, -0.2) is 27.6 Å². The summed E-state index contributed by atoms with van der Waals surface area (Å²) in [7, 11) is 1.56. The smallest absolute Gasteiger partial charge is 0.266 e. The Morgan fingerprint density at radius 3 is 2.84 bits per heavy atom. The number of amides is 1. The molecule has 1 amide bonds. The van der Waals surface area contributed by atoms with Gasteiger partial charge in [0.05, 0.1) is 29.4 Å². The first-order valence-electron chi connectivity index (χ1n) is 9.17. The van der Waals surface area contributed by atoms with Crippen molar-refractivity contribution in [1.82, 2.24) is 14.5 Å². The number of halogens is 1. The van der Waals surface area contributed by atoms with Gasteiger partial charge in [-0.2, -0.15) is 0 Å². The fourth-order valence-corrected chi connectivity index (χ4v) is 4.91. The summed E-state index contributed by atoms with van der Waals surface area (Å²) in [4.78, 5) is 33.8. The van der Waals surface area contributed by atoms with Crippen LogP contribution in [-0.2, 0) is 10.5 Å². The maximum atomic E-state index is 13.4. The largest absolute Gasteiger partial charge is 0.495 e. The number of anilines is 1. The lowest BCUT2D eigenvalue weighted by molar-refractivity contribution is -0.114. The van der Waals surface area contributed by atoms with Gasteiger partial charge < -0.3 is 10.1 Å². The van der Waals surface area contributed by atoms with Crippen LogP contribution in [0.2, 0.25) is 5.02 Å². The summed E-state index contributed by atoms with van der Waals surface area (Å²) < 4.78 is 7.02. The van der Waals surface area contributed by atoms with Crippen LogP contribution in [0.3, 0.4) is 0 Å². The summed E-state index contributed by atoms with van der Waals surface area (Å²) in [5, 5.41) is 6.51. The van der Waals surface area contributed by atoms with Crippen molar-refractivity contribution in [1.29, 1.82) is 0 Å². The molecule has 4 aromatic rings. The Morgan fingerprint density at radius 1 is 1.26 bits per heavy atom. The summed E-state index contributed by atoms with van der Waals surface area (Å²) in [6.45, 7) is 1.44. The van der Waals surface area contributed by atoms with Gasteiger partial charge in [0.1, 0.15) is 5.75 Å². The van der Waals surface area contributed by atoms with Crippen molar-refractivity contribution in [3.05, 3.63) is 68.9 Å². The quantitative estimate of drug-likeness (QED) is 0.322. The van der Waals surface area contributed by atoms with E-state index < -0.39 is 0 Å². The number of benzene rings is 2. The van der Waals surface area contributed by atoms with E-state index in [1.165, 1.54) is 30.0 Å². The molecule has 0 atom stereocenters. The van der Waals surface area contributed by atoms with Gasteiger partial charge in [-0.1, -0.05) is 35.5 Å². The Labute approximate surface area is 191 Å². The molecule has 31 heavy (non-hydrogen) atoms. The van der Waals surface area contributed by atoms with Crippen LogP contribution in [0.5, 0.6) is 5.75 Å². The van der Waals surface area contributed by atoms with Crippen molar-refractivity contribution in [2.45, 2.75) is 17.8 Å². The normalized spacial score (nSPS) is 10.9. The average Bonchev–Trinajstić information content (AvgIpc) is 3.18. The molecule has 1 N–H and O–H groups in total. The maximum absolute atomic E-state index is 13.4. The highest BCUT2D eigenvalue weighted by atomic mass is 35.5. The number of rotatable bonds is 6. The SMILES string of the molecule is COc1ccccc1-n1c(SCc2csc(NC(C)=O)n2)nc2cc(Cl)ccc2c1=O. The standard InChI is InChI=1S/C21H17ClN4O3S2/c1-12(27)23-20-24-14(10-30-20)11-31-21-25-16-9-13(22)7-8-15(16)19(28)26(21)17-5-3-4-6-18(17)29-2/h3-10H,11H2,1-2H3,(H,23,24,27). The minimum Gasteiger partial charge on any atom is -0.495 e. The number of aromatic nitrogens is 3.